The van der Waals surface area contributed by atoms with Gasteiger partial charge in [0, 0.05) is 13.6 Å². The number of benzene rings is 1. The summed E-state index contributed by atoms with van der Waals surface area (Å²) < 4.78 is 27.3. The van der Waals surface area contributed by atoms with Crippen LogP contribution in [0, 0.1) is 21.7 Å². The maximum Gasteiger partial charge on any atom is 0.308 e. The van der Waals surface area contributed by atoms with Crippen molar-refractivity contribution in [2.45, 2.75) is 6.54 Å². The van der Waals surface area contributed by atoms with E-state index in [0.29, 0.717) is 12.1 Å². The summed E-state index contributed by atoms with van der Waals surface area (Å²) in [5, 5.41) is 14.3. The van der Waals surface area contributed by atoms with Crippen LogP contribution in [0.2, 0.25) is 0 Å². The van der Waals surface area contributed by atoms with E-state index < -0.39 is 33.7 Å². The summed E-state index contributed by atoms with van der Waals surface area (Å²) in [7, 11) is 1.41. The number of carbonyl (C=O) groups is 1. The molecule has 0 atom stereocenters. The Morgan fingerprint density at radius 3 is 2.71 bits per heavy atom. The summed E-state index contributed by atoms with van der Waals surface area (Å²) >= 11 is 1.44. The number of nitro benzene ring substituents is 1. The lowest BCUT2D eigenvalue weighted by Gasteiger charge is -2.16. The van der Waals surface area contributed by atoms with Crippen molar-refractivity contribution in [2.24, 2.45) is 0 Å². The van der Waals surface area contributed by atoms with Gasteiger partial charge in [0.05, 0.1) is 16.6 Å². The van der Waals surface area contributed by atoms with Crippen molar-refractivity contribution in [3.63, 3.8) is 0 Å². The van der Waals surface area contributed by atoms with Crippen LogP contribution in [0.1, 0.15) is 15.9 Å². The molecule has 110 valence electrons. The van der Waals surface area contributed by atoms with Crippen molar-refractivity contribution in [1.82, 2.24) is 4.90 Å². The lowest BCUT2D eigenvalue weighted by molar-refractivity contribution is -0.387. The molecule has 0 aliphatic rings. The van der Waals surface area contributed by atoms with Gasteiger partial charge in [-0.1, -0.05) is 0 Å². The Kier molecular flexibility index (Phi) is 4.27. The molecule has 2 rings (SSSR count). The van der Waals surface area contributed by atoms with E-state index in [1.165, 1.54) is 23.3 Å². The van der Waals surface area contributed by atoms with Crippen LogP contribution in [0.5, 0.6) is 0 Å². The predicted octanol–water partition coefficient (Wildman–Crippen LogP) is 3.21. The van der Waals surface area contributed by atoms with Crippen molar-refractivity contribution in [1.29, 1.82) is 0 Å². The van der Waals surface area contributed by atoms with Crippen LogP contribution < -0.4 is 0 Å². The zero-order chi connectivity index (χ0) is 15.6. The predicted molar refractivity (Wildman–Crippen MR) is 73.1 cm³/mol. The Hall–Kier alpha value is -2.35. The smallest absolute Gasteiger partial charge is 0.308 e. The van der Waals surface area contributed by atoms with E-state index in [1.807, 2.05) is 10.8 Å². The molecule has 0 N–H and O–H groups in total. The molecule has 0 spiro atoms. The number of hydrogen-bond acceptors (Lipinski definition) is 4. The van der Waals surface area contributed by atoms with Crippen molar-refractivity contribution in [2.75, 3.05) is 7.05 Å². The van der Waals surface area contributed by atoms with E-state index >= 15 is 0 Å². The summed E-state index contributed by atoms with van der Waals surface area (Å²) in [5.41, 5.74) is -0.871. The zero-order valence-corrected chi connectivity index (χ0v) is 11.7. The molecule has 1 amide bonds. The van der Waals surface area contributed by atoms with E-state index in [9.17, 15) is 23.7 Å². The number of carbonyl (C=O) groups excluding carboxylic acids is 1. The number of nitro groups is 1. The number of amides is 1. The molecule has 0 saturated heterocycles. The molecule has 1 heterocycles. The van der Waals surface area contributed by atoms with E-state index in [4.69, 9.17) is 0 Å². The molecule has 5 nitrogen and oxygen atoms in total. The van der Waals surface area contributed by atoms with Crippen LogP contribution in [-0.4, -0.2) is 22.8 Å². The first kappa shape index (κ1) is 15.0. The summed E-state index contributed by atoms with van der Waals surface area (Å²) in [4.78, 5) is 22.9. The summed E-state index contributed by atoms with van der Waals surface area (Å²) in [6.45, 7) is 0.200. The Bertz CT molecular complexity index is 689. The molecular formula is C13H10F2N2O3S. The van der Waals surface area contributed by atoms with Crippen molar-refractivity contribution < 1.29 is 18.5 Å². The van der Waals surface area contributed by atoms with Gasteiger partial charge in [-0.15, -0.1) is 0 Å². The molecule has 0 aliphatic heterocycles. The molecule has 0 unspecified atom stereocenters. The second-order valence-electron chi connectivity index (χ2n) is 4.34. The fourth-order valence-corrected chi connectivity index (χ4v) is 2.46. The van der Waals surface area contributed by atoms with Gasteiger partial charge >= 0.3 is 5.69 Å². The quantitative estimate of drug-likeness (QED) is 0.643. The van der Waals surface area contributed by atoms with Crippen LogP contribution >= 0.6 is 11.3 Å². The SMILES string of the molecule is CN(Cc1ccsc1)C(=O)c1cc(F)cc([N+](=O)[O-])c1F. The van der Waals surface area contributed by atoms with E-state index in [-0.39, 0.29) is 6.54 Å². The van der Waals surface area contributed by atoms with E-state index in [2.05, 4.69) is 0 Å². The number of nitrogens with zero attached hydrogens (tertiary/aromatic N) is 2. The van der Waals surface area contributed by atoms with Crippen LogP contribution in [0.4, 0.5) is 14.5 Å². The first-order valence-electron chi connectivity index (χ1n) is 5.80. The average Bonchev–Trinajstić information content (AvgIpc) is 2.92. The molecule has 0 radical (unpaired) electrons. The Morgan fingerprint density at radius 2 is 2.14 bits per heavy atom. The molecule has 0 fully saturated rings. The van der Waals surface area contributed by atoms with Gasteiger partial charge in [0.25, 0.3) is 5.91 Å². The molecular weight excluding hydrogens is 302 g/mol. The average molecular weight is 312 g/mol. The van der Waals surface area contributed by atoms with Gasteiger partial charge in [0.2, 0.25) is 5.82 Å². The van der Waals surface area contributed by atoms with Crippen LogP contribution in [-0.2, 0) is 6.54 Å². The minimum Gasteiger partial charge on any atom is -0.337 e. The van der Waals surface area contributed by atoms with Crippen LogP contribution in [0.25, 0.3) is 0 Å². The minimum atomic E-state index is -1.33. The largest absolute Gasteiger partial charge is 0.337 e. The number of rotatable bonds is 4. The van der Waals surface area contributed by atoms with Crippen LogP contribution in [0.3, 0.4) is 0 Å². The van der Waals surface area contributed by atoms with Gasteiger partial charge in [-0.2, -0.15) is 15.7 Å². The molecule has 2 aromatic rings. The molecule has 1 aromatic carbocycles. The van der Waals surface area contributed by atoms with Crippen molar-refractivity contribution in [3.05, 3.63) is 61.8 Å². The lowest BCUT2D eigenvalue weighted by atomic mass is 10.1. The molecule has 8 heteroatoms. The third-order valence-corrected chi connectivity index (χ3v) is 3.52. The van der Waals surface area contributed by atoms with Gasteiger partial charge in [-0.25, -0.2) is 4.39 Å². The summed E-state index contributed by atoms with van der Waals surface area (Å²) in [6.07, 6.45) is 0. The second kappa shape index (κ2) is 5.96. The summed E-state index contributed by atoms with van der Waals surface area (Å²) in [6, 6.07) is 2.90. The maximum absolute atomic E-state index is 13.9. The lowest BCUT2D eigenvalue weighted by Crippen LogP contribution is -2.27. The zero-order valence-electron chi connectivity index (χ0n) is 10.9. The first-order valence-corrected chi connectivity index (χ1v) is 6.74. The van der Waals surface area contributed by atoms with Gasteiger partial charge in [0.15, 0.2) is 0 Å². The van der Waals surface area contributed by atoms with Gasteiger partial charge in [0.1, 0.15) is 5.82 Å². The third kappa shape index (κ3) is 3.22. The third-order valence-electron chi connectivity index (χ3n) is 2.79. The Balaban J connectivity index is 2.32. The van der Waals surface area contributed by atoms with Gasteiger partial charge < -0.3 is 4.90 Å². The summed E-state index contributed by atoms with van der Waals surface area (Å²) in [5.74, 6) is -3.18. The standard InChI is InChI=1S/C13H10F2N2O3S/c1-16(6-8-2-3-21-7-8)13(18)10-4-9(14)5-11(12(10)15)17(19)20/h2-5,7H,6H2,1H3. The Morgan fingerprint density at radius 1 is 1.43 bits per heavy atom. The highest BCUT2D eigenvalue weighted by Crippen LogP contribution is 2.24. The molecule has 0 aliphatic carbocycles. The highest BCUT2D eigenvalue weighted by atomic mass is 32.1. The van der Waals surface area contributed by atoms with E-state index in [0.717, 1.165) is 5.56 Å². The van der Waals surface area contributed by atoms with Crippen molar-refractivity contribution in [3.8, 4) is 0 Å². The fraction of sp³-hybridized carbons (Fsp3) is 0.154. The normalized spacial score (nSPS) is 10.4. The minimum absolute atomic E-state index is 0.200. The number of hydrogen-bond donors (Lipinski definition) is 0. The number of halogens is 2. The fourth-order valence-electron chi connectivity index (χ4n) is 1.80. The monoisotopic (exact) mass is 312 g/mol. The maximum atomic E-state index is 13.9. The molecule has 0 bridgehead atoms. The molecule has 21 heavy (non-hydrogen) atoms. The second-order valence-corrected chi connectivity index (χ2v) is 5.12. The van der Waals surface area contributed by atoms with Gasteiger partial charge in [-0.3, -0.25) is 14.9 Å². The molecule has 0 saturated carbocycles. The van der Waals surface area contributed by atoms with Gasteiger partial charge in [-0.05, 0) is 28.5 Å². The highest BCUT2D eigenvalue weighted by Gasteiger charge is 2.26. The number of thiophene rings is 1. The van der Waals surface area contributed by atoms with E-state index in [1.54, 1.807) is 6.07 Å². The topological polar surface area (TPSA) is 63.5 Å². The Labute approximate surface area is 122 Å². The van der Waals surface area contributed by atoms with Crippen LogP contribution in [0.15, 0.2) is 29.0 Å². The molecule has 1 aromatic heterocycles. The highest BCUT2D eigenvalue weighted by molar-refractivity contribution is 7.07. The first-order chi connectivity index (χ1) is 9.90. The van der Waals surface area contributed by atoms with Crippen molar-refractivity contribution >= 4 is 22.9 Å².